The fraction of sp³-hybridized carbons (Fsp3) is 0.800. The number of aliphatic hydroxyl groups is 3. The van der Waals surface area contributed by atoms with Gasteiger partial charge in [-0.2, -0.15) is 0 Å². The zero-order chi connectivity index (χ0) is 9.02. The van der Waals surface area contributed by atoms with E-state index in [4.69, 9.17) is 21.1 Å². The van der Waals surface area contributed by atoms with Crippen molar-refractivity contribution in [3.8, 4) is 0 Å². The molecule has 0 saturated carbocycles. The van der Waals surface area contributed by atoms with Gasteiger partial charge < -0.3 is 26.8 Å². The van der Waals surface area contributed by atoms with Crippen molar-refractivity contribution in [2.24, 2.45) is 11.5 Å². The lowest BCUT2D eigenvalue weighted by atomic mass is 10.1. The highest BCUT2D eigenvalue weighted by Crippen LogP contribution is 1.95. The maximum Gasteiger partial charge on any atom is 0.247 e. The predicted octanol–water partition coefficient (Wildman–Crippen LogP) is -3.49. The van der Waals surface area contributed by atoms with Crippen LogP contribution in [0.1, 0.15) is 0 Å². The van der Waals surface area contributed by atoms with E-state index < -0.39 is 30.8 Å². The van der Waals surface area contributed by atoms with Crippen molar-refractivity contribution in [3.63, 3.8) is 0 Å². The molecule has 0 bridgehead atoms. The second-order valence-corrected chi connectivity index (χ2v) is 2.17. The Morgan fingerprint density at radius 3 is 2.18 bits per heavy atom. The Hall–Kier alpha value is -0.690. The van der Waals surface area contributed by atoms with Crippen molar-refractivity contribution in [3.05, 3.63) is 0 Å². The van der Waals surface area contributed by atoms with Gasteiger partial charge in [-0.1, -0.05) is 0 Å². The fourth-order valence-electron chi connectivity index (χ4n) is 0.522. The third-order valence-corrected chi connectivity index (χ3v) is 1.29. The van der Waals surface area contributed by atoms with Crippen LogP contribution in [-0.2, 0) is 4.79 Å². The summed E-state index contributed by atoms with van der Waals surface area (Å²) in [7, 11) is 0. The van der Waals surface area contributed by atoms with Gasteiger partial charge in [0.25, 0.3) is 0 Å². The molecule has 6 nitrogen and oxygen atoms in total. The minimum Gasteiger partial charge on any atom is -0.394 e. The molecule has 0 radical (unpaired) electrons. The van der Waals surface area contributed by atoms with Crippen LogP contribution in [0.15, 0.2) is 0 Å². The fourth-order valence-corrected chi connectivity index (χ4v) is 0.522. The van der Waals surface area contributed by atoms with Crippen molar-refractivity contribution in [1.29, 1.82) is 0 Å². The van der Waals surface area contributed by atoms with E-state index in [0.29, 0.717) is 0 Å². The number of primary amides is 1. The third-order valence-electron chi connectivity index (χ3n) is 1.29. The minimum absolute atomic E-state index is 0.620. The molecule has 0 aromatic heterocycles. The summed E-state index contributed by atoms with van der Waals surface area (Å²) in [6.45, 7) is -0.620. The van der Waals surface area contributed by atoms with Gasteiger partial charge in [-0.05, 0) is 0 Å². The molecular formula is C5H12N2O4. The maximum absolute atomic E-state index is 10.3. The first-order chi connectivity index (χ1) is 5.00. The normalized spacial score (nSPS) is 18.9. The molecule has 0 rings (SSSR count). The number of amides is 1. The lowest BCUT2D eigenvalue weighted by Crippen LogP contribution is -2.51. The van der Waals surface area contributed by atoms with E-state index in [1.54, 1.807) is 0 Å². The number of carbonyl (C=O) groups is 1. The van der Waals surface area contributed by atoms with Crippen LogP contribution in [0.3, 0.4) is 0 Å². The van der Waals surface area contributed by atoms with Crippen LogP contribution >= 0.6 is 0 Å². The van der Waals surface area contributed by atoms with Crippen molar-refractivity contribution < 1.29 is 20.1 Å². The van der Waals surface area contributed by atoms with E-state index in [0.717, 1.165) is 0 Å². The van der Waals surface area contributed by atoms with Gasteiger partial charge in [0, 0.05) is 0 Å². The van der Waals surface area contributed by atoms with Crippen LogP contribution in [0.5, 0.6) is 0 Å². The van der Waals surface area contributed by atoms with Gasteiger partial charge in [-0.3, -0.25) is 4.79 Å². The highest BCUT2D eigenvalue weighted by molar-refractivity contribution is 5.79. The summed E-state index contributed by atoms with van der Waals surface area (Å²) < 4.78 is 0. The van der Waals surface area contributed by atoms with Gasteiger partial charge in [-0.15, -0.1) is 0 Å². The number of aliphatic hydroxyl groups excluding tert-OH is 3. The zero-order valence-corrected chi connectivity index (χ0v) is 5.84. The van der Waals surface area contributed by atoms with Crippen molar-refractivity contribution in [2.75, 3.05) is 6.61 Å². The second-order valence-electron chi connectivity index (χ2n) is 2.17. The summed E-state index contributed by atoms with van der Waals surface area (Å²) >= 11 is 0. The summed E-state index contributed by atoms with van der Waals surface area (Å²) in [4.78, 5) is 10.3. The molecule has 3 atom stereocenters. The van der Waals surface area contributed by atoms with Crippen LogP contribution in [0, 0.1) is 0 Å². The van der Waals surface area contributed by atoms with Crippen LogP contribution in [-0.4, -0.2) is 46.1 Å². The molecule has 1 amide bonds. The van der Waals surface area contributed by atoms with E-state index in [1.807, 2.05) is 0 Å². The lowest BCUT2D eigenvalue weighted by Gasteiger charge is -2.19. The summed E-state index contributed by atoms with van der Waals surface area (Å²) in [5, 5.41) is 26.0. The number of carbonyl (C=O) groups excluding carboxylic acids is 1. The Morgan fingerprint density at radius 1 is 1.45 bits per heavy atom. The number of nitrogens with two attached hydrogens (primary N) is 2. The van der Waals surface area contributed by atoms with Crippen LogP contribution in [0.2, 0.25) is 0 Å². The molecule has 0 aliphatic carbocycles. The molecule has 7 N–H and O–H groups in total. The van der Waals surface area contributed by atoms with E-state index in [2.05, 4.69) is 5.73 Å². The standard InChI is InChI=1S/C5H12N2O4/c6-3(2(9)1-8)4(10)5(7)11/h2-4,8-10H,1,6H2,(H2,7,11)/t2-,3+,4-/m1/s1. The van der Waals surface area contributed by atoms with Gasteiger partial charge in [-0.25, -0.2) is 0 Å². The van der Waals surface area contributed by atoms with Gasteiger partial charge in [0.15, 0.2) is 0 Å². The van der Waals surface area contributed by atoms with Crippen LogP contribution in [0.25, 0.3) is 0 Å². The third kappa shape index (κ3) is 2.81. The highest BCUT2D eigenvalue weighted by Gasteiger charge is 2.26. The van der Waals surface area contributed by atoms with Crippen molar-refractivity contribution in [2.45, 2.75) is 18.2 Å². The van der Waals surface area contributed by atoms with Gasteiger partial charge >= 0.3 is 0 Å². The van der Waals surface area contributed by atoms with E-state index in [9.17, 15) is 4.79 Å². The Balaban J connectivity index is 4.00. The number of hydrogen-bond donors (Lipinski definition) is 5. The SMILES string of the molecule is NC(=O)[C@H](O)[C@@H](N)[C@H](O)CO. The second kappa shape index (κ2) is 4.24. The molecule has 0 saturated heterocycles. The highest BCUT2D eigenvalue weighted by atomic mass is 16.3. The van der Waals surface area contributed by atoms with Gasteiger partial charge in [0.2, 0.25) is 5.91 Å². The molecule has 6 heteroatoms. The first-order valence-corrected chi connectivity index (χ1v) is 3.02. The van der Waals surface area contributed by atoms with Crippen molar-refractivity contribution in [1.82, 2.24) is 0 Å². The Bertz CT molecular complexity index is 140. The maximum atomic E-state index is 10.3. The van der Waals surface area contributed by atoms with Gasteiger partial charge in [0.05, 0.1) is 18.8 Å². The summed E-state index contributed by atoms with van der Waals surface area (Å²) in [5.74, 6) is -1.02. The molecule has 0 heterocycles. The summed E-state index contributed by atoms with van der Waals surface area (Å²) in [5.41, 5.74) is 9.78. The molecule has 0 aliphatic heterocycles. The van der Waals surface area contributed by atoms with E-state index in [-0.39, 0.29) is 0 Å². The molecule has 0 unspecified atom stereocenters. The van der Waals surface area contributed by atoms with Crippen molar-refractivity contribution >= 4 is 5.91 Å². The van der Waals surface area contributed by atoms with Crippen LogP contribution in [0.4, 0.5) is 0 Å². The minimum atomic E-state index is -1.63. The number of rotatable bonds is 4. The van der Waals surface area contributed by atoms with E-state index >= 15 is 0 Å². The predicted molar refractivity (Wildman–Crippen MR) is 36.3 cm³/mol. The Morgan fingerprint density at radius 2 is 1.91 bits per heavy atom. The summed E-state index contributed by atoms with van der Waals surface area (Å²) in [6, 6.07) is -1.24. The molecule has 0 aromatic carbocycles. The van der Waals surface area contributed by atoms with E-state index in [1.165, 1.54) is 0 Å². The summed E-state index contributed by atoms with van der Waals surface area (Å²) in [6.07, 6.45) is -2.96. The largest absolute Gasteiger partial charge is 0.394 e. The molecular weight excluding hydrogens is 152 g/mol. The molecule has 0 aromatic rings. The molecule has 66 valence electrons. The van der Waals surface area contributed by atoms with Crippen LogP contribution < -0.4 is 11.5 Å². The molecule has 0 aliphatic rings. The smallest absolute Gasteiger partial charge is 0.247 e. The molecule has 0 spiro atoms. The lowest BCUT2D eigenvalue weighted by molar-refractivity contribution is -0.129. The Labute approximate surface area is 63.4 Å². The first kappa shape index (κ1) is 10.3. The molecule has 11 heavy (non-hydrogen) atoms. The monoisotopic (exact) mass is 164 g/mol. The zero-order valence-electron chi connectivity index (χ0n) is 5.84. The van der Waals surface area contributed by atoms with Gasteiger partial charge in [0.1, 0.15) is 6.10 Å². The first-order valence-electron chi connectivity index (χ1n) is 3.02. The average molecular weight is 164 g/mol. The Kier molecular flexibility index (Phi) is 3.98. The average Bonchev–Trinajstić information content (AvgIpc) is 2.00. The quantitative estimate of drug-likeness (QED) is 0.294. The number of hydrogen-bond acceptors (Lipinski definition) is 5. The topological polar surface area (TPSA) is 130 Å². The molecule has 0 fully saturated rings.